The quantitative estimate of drug-likeness (QED) is 0.690. The summed E-state index contributed by atoms with van der Waals surface area (Å²) < 4.78 is 6.12. The zero-order valence-electron chi connectivity index (χ0n) is 15.2. The summed E-state index contributed by atoms with van der Waals surface area (Å²) in [5, 5.41) is 4.82. The van der Waals surface area contributed by atoms with Gasteiger partial charge in [0, 0.05) is 11.4 Å². The molecule has 4 aliphatic carbocycles. The van der Waals surface area contributed by atoms with Crippen molar-refractivity contribution >= 4 is 27.9 Å². The first-order valence-corrected chi connectivity index (χ1v) is 10.1. The van der Waals surface area contributed by atoms with Gasteiger partial charge in [-0.2, -0.15) is 0 Å². The summed E-state index contributed by atoms with van der Waals surface area (Å²) in [6.45, 7) is 2.36. The van der Waals surface area contributed by atoms with E-state index in [4.69, 9.17) is 4.42 Å². The van der Waals surface area contributed by atoms with E-state index in [1.807, 2.05) is 18.2 Å². The predicted octanol–water partition coefficient (Wildman–Crippen LogP) is 5.39. The molecule has 3 aromatic rings. The molecule has 4 bridgehead atoms. The van der Waals surface area contributed by atoms with E-state index >= 15 is 0 Å². The molecule has 7 rings (SSSR count). The Kier molecular flexibility index (Phi) is 3.01. The van der Waals surface area contributed by atoms with Crippen molar-refractivity contribution < 1.29 is 4.42 Å². The lowest BCUT2D eigenvalue weighted by molar-refractivity contribution is -0.0602. The molecule has 0 radical (unpaired) electrons. The summed E-state index contributed by atoms with van der Waals surface area (Å²) in [7, 11) is 0. The van der Waals surface area contributed by atoms with E-state index in [0.29, 0.717) is 11.5 Å². The van der Waals surface area contributed by atoms with Crippen molar-refractivity contribution in [2.75, 3.05) is 5.32 Å². The predicted molar refractivity (Wildman–Crippen MR) is 103 cm³/mol. The van der Waals surface area contributed by atoms with Crippen LogP contribution in [0.5, 0.6) is 0 Å². The topological polar surface area (TPSA) is 51.0 Å². The number of anilines is 1. The zero-order chi connectivity index (χ0) is 17.3. The minimum absolute atomic E-state index is 0.419. The van der Waals surface area contributed by atoms with Gasteiger partial charge in [0.15, 0.2) is 11.4 Å². The summed E-state index contributed by atoms with van der Waals surface area (Å²) in [6.07, 6.45) is 10.3. The molecule has 4 nitrogen and oxygen atoms in total. The third-order valence-corrected chi connectivity index (χ3v) is 7.52. The fraction of sp³-hybridized carbons (Fsp3) is 0.545. The first-order chi connectivity index (χ1) is 12.7. The molecule has 134 valence electrons. The van der Waals surface area contributed by atoms with E-state index in [0.717, 1.165) is 45.6 Å². The third kappa shape index (κ3) is 2.07. The van der Waals surface area contributed by atoms with Gasteiger partial charge in [-0.25, -0.2) is 9.97 Å². The van der Waals surface area contributed by atoms with Crippen LogP contribution >= 0.6 is 0 Å². The van der Waals surface area contributed by atoms with Crippen molar-refractivity contribution in [1.82, 2.24) is 9.97 Å². The van der Waals surface area contributed by atoms with E-state index in [2.05, 4.69) is 28.3 Å². The van der Waals surface area contributed by atoms with Gasteiger partial charge in [0.05, 0.1) is 0 Å². The lowest BCUT2D eigenvalue weighted by Crippen LogP contribution is -2.53. The number of hydrogen-bond acceptors (Lipinski definition) is 4. The molecule has 4 heteroatoms. The molecular weight excluding hydrogens is 322 g/mol. The molecule has 0 spiro atoms. The van der Waals surface area contributed by atoms with Gasteiger partial charge in [-0.15, -0.1) is 0 Å². The molecule has 4 fully saturated rings. The van der Waals surface area contributed by atoms with Crippen molar-refractivity contribution in [2.24, 2.45) is 23.2 Å². The standard InChI is InChI=1S/C22H25N3O/c1-13(22-9-14-6-15(10-22)8-16(7-14)11-22)25-21-20-19(23-12-24-21)17-4-2-3-5-18(17)26-20/h2-5,12-16H,6-11H2,1H3,(H,23,24,25)/t13-,14?,15?,16?,22?/m1/s1. The van der Waals surface area contributed by atoms with Gasteiger partial charge >= 0.3 is 0 Å². The van der Waals surface area contributed by atoms with E-state index < -0.39 is 0 Å². The maximum Gasteiger partial charge on any atom is 0.196 e. The maximum atomic E-state index is 6.12. The lowest BCUT2D eigenvalue weighted by Gasteiger charge is -2.59. The molecule has 1 atom stereocenters. The highest BCUT2D eigenvalue weighted by molar-refractivity contribution is 6.05. The maximum absolute atomic E-state index is 6.12. The van der Waals surface area contributed by atoms with Crippen molar-refractivity contribution in [3.8, 4) is 0 Å². The molecule has 2 heterocycles. The highest BCUT2D eigenvalue weighted by atomic mass is 16.3. The third-order valence-electron chi connectivity index (χ3n) is 7.52. The van der Waals surface area contributed by atoms with Crippen molar-refractivity contribution in [1.29, 1.82) is 0 Å². The average Bonchev–Trinajstić information content (AvgIpc) is 3.00. The Hall–Kier alpha value is -2.10. The molecule has 0 unspecified atom stereocenters. The van der Waals surface area contributed by atoms with Crippen LogP contribution in [0.3, 0.4) is 0 Å². The minimum atomic E-state index is 0.419. The van der Waals surface area contributed by atoms with Crippen LogP contribution in [-0.4, -0.2) is 16.0 Å². The Morgan fingerprint density at radius 1 is 1.04 bits per heavy atom. The number of fused-ring (bicyclic) bond motifs is 3. The highest BCUT2D eigenvalue weighted by Crippen LogP contribution is 2.61. The second-order valence-electron chi connectivity index (χ2n) is 9.14. The van der Waals surface area contributed by atoms with E-state index in [-0.39, 0.29) is 0 Å². The van der Waals surface area contributed by atoms with E-state index in [9.17, 15) is 0 Å². The van der Waals surface area contributed by atoms with Gasteiger partial charge in [-0.1, -0.05) is 12.1 Å². The number of nitrogens with zero attached hydrogens (tertiary/aromatic N) is 2. The monoisotopic (exact) mass is 347 g/mol. The largest absolute Gasteiger partial charge is 0.450 e. The SMILES string of the molecule is C[C@@H](Nc1ncnc2c1oc1ccccc12)C12CC3CC(CC(C3)C1)C2. The van der Waals surface area contributed by atoms with Crippen LogP contribution < -0.4 is 5.32 Å². The summed E-state index contributed by atoms with van der Waals surface area (Å²) in [4.78, 5) is 9.04. The zero-order valence-corrected chi connectivity index (χ0v) is 15.2. The number of benzene rings is 1. The number of aromatic nitrogens is 2. The van der Waals surface area contributed by atoms with Crippen LogP contribution in [0.25, 0.3) is 22.1 Å². The van der Waals surface area contributed by atoms with Crippen molar-refractivity contribution in [2.45, 2.75) is 51.5 Å². The number of furan rings is 1. The Balaban J connectivity index is 1.37. The molecular formula is C22H25N3O. The lowest BCUT2D eigenvalue weighted by atomic mass is 9.48. The Morgan fingerprint density at radius 2 is 1.73 bits per heavy atom. The number of nitrogens with one attached hydrogen (secondary N) is 1. The van der Waals surface area contributed by atoms with Crippen LogP contribution in [0, 0.1) is 23.2 Å². The number of para-hydroxylation sites is 1. The highest BCUT2D eigenvalue weighted by Gasteiger charge is 2.53. The normalized spacial score (nSPS) is 33.8. The van der Waals surface area contributed by atoms with Crippen LogP contribution in [-0.2, 0) is 0 Å². The summed E-state index contributed by atoms with van der Waals surface area (Å²) in [6, 6.07) is 8.53. The van der Waals surface area contributed by atoms with Crippen LogP contribution in [0.4, 0.5) is 5.82 Å². The molecule has 1 N–H and O–H groups in total. The average molecular weight is 347 g/mol. The fourth-order valence-corrected chi connectivity index (χ4v) is 6.69. The summed E-state index contributed by atoms with van der Waals surface area (Å²) in [5.41, 5.74) is 3.03. The number of rotatable bonds is 3. The number of hydrogen-bond donors (Lipinski definition) is 1. The molecule has 4 saturated carbocycles. The molecule has 0 amide bonds. The van der Waals surface area contributed by atoms with Crippen LogP contribution in [0.2, 0.25) is 0 Å². The van der Waals surface area contributed by atoms with Gasteiger partial charge in [0.25, 0.3) is 0 Å². The van der Waals surface area contributed by atoms with Gasteiger partial charge in [0.1, 0.15) is 17.4 Å². The molecule has 2 aromatic heterocycles. The second-order valence-corrected chi connectivity index (χ2v) is 9.14. The first-order valence-electron chi connectivity index (χ1n) is 10.1. The van der Waals surface area contributed by atoms with Crippen LogP contribution in [0.1, 0.15) is 45.4 Å². The van der Waals surface area contributed by atoms with Crippen molar-refractivity contribution in [3.05, 3.63) is 30.6 Å². The van der Waals surface area contributed by atoms with Gasteiger partial charge in [-0.05, 0) is 80.8 Å². The molecule has 0 saturated heterocycles. The van der Waals surface area contributed by atoms with Crippen LogP contribution in [0.15, 0.2) is 35.0 Å². The second kappa shape index (κ2) is 5.21. The fourth-order valence-electron chi connectivity index (χ4n) is 6.69. The molecule has 0 aliphatic heterocycles. The van der Waals surface area contributed by atoms with E-state index in [1.165, 1.54) is 38.5 Å². The minimum Gasteiger partial charge on any atom is -0.450 e. The molecule has 4 aliphatic rings. The molecule has 1 aromatic carbocycles. The van der Waals surface area contributed by atoms with E-state index in [1.54, 1.807) is 6.33 Å². The smallest absolute Gasteiger partial charge is 0.196 e. The van der Waals surface area contributed by atoms with Gasteiger partial charge < -0.3 is 9.73 Å². The summed E-state index contributed by atoms with van der Waals surface area (Å²) >= 11 is 0. The Bertz CT molecular complexity index is 956. The Labute approximate surface area is 153 Å². The summed E-state index contributed by atoms with van der Waals surface area (Å²) in [5.74, 6) is 3.74. The molecule has 26 heavy (non-hydrogen) atoms. The van der Waals surface area contributed by atoms with Gasteiger partial charge in [0.2, 0.25) is 0 Å². The van der Waals surface area contributed by atoms with Gasteiger partial charge in [-0.3, -0.25) is 0 Å². The Morgan fingerprint density at radius 3 is 2.46 bits per heavy atom. The van der Waals surface area contributed by atoms with Crippen molar-refractivity contribution in [3.63, 3.8) is 0 Å². The first kappa shape index (κ1) is 15.0.